The summed E-state index contributed by atoms with van der Waals surface area (Å²) < 4.78 is 41.6. The standard InChI is InChI=1S/C36H46ClN3O8S/c1-24-20-40(25(2)23-41)35(42)32-19-30(38-49(45,46)31-15-12-29(37)13-16-31)14-17-33(32)48-26(3)7-5-6-18-47-34(24)22-39(4)21-27-8-10-28(11-9-27)36(43)44/h8-17,19,24-26,34,38,41H,5-7,18,20-23H2,1-4H3,(H,43,44)/t24-,25+,26-,34-/m1/s1. The maximum Gasteiger partial charge on any atom is 0.335 e. The molecule has 3 aromatic carbocycles. The van der Waals surface area contributed by atoms with Crippen LogP contribution in [-0.2, 0) is 21.3 Å². The van der Waals surface area contributed by atoms with Crippen molar-refractivity contribution < 1.29 is 37.7 Å². The Kier molecular flexibility index (Phi) is 13.5. The van der Waals surface area contributed by atoms with E-state index in [1.54, 1.807) is 48.2 Å². The molecule has 4 rings (SSSR count). The van der Waals surface area contributed by atoms with Crippen molar-refractivity contribution in [1.29, 1.82) is 0 Å². The van der Waals surface area contributed by atoms with Crippen LogP contribution < -0.4 is 9.46 Å². The number of carboxylic acid groups (broad SMARTS) is 1. The highest BCUT2D eigenvalue weighted by atomic mass is 35.5. The van der Waals surface area contributed by atoms with Gasteiger partial charge in [0, 0.05) is 42.9 Å². The molecule has 1 amide bonds. The normalized spacial score (nSPS) is 20.2. The van der Waals surface area contributed by atoms with E-state index in [0.29, 0.717) is 36.9 Å². The van der Waals surface area contributed by atoms with Crippen molar-refractivity contribution in [3.63, 3.8) is 0 Å². The Morgan fingerprint density at radius 2 is 1.78 bits per heavy atom. The molecule has 0 saturated carbocycles. The van der Waals surface area contributed by atoms with E-state index in [2.05, 4.69) is 9.62 Å². The minimum Gasteiger partial charge on any atom is -0.490 e. The van der Waals surface area contributed by atoms with Crippen LogP contribution >= 0.6 is 11.6 Å². The van der Waals surface area contributed by atoms with Crippen molar-refractivity contribution >= 4 is 39.2 Å². The van der Waals surface area contributed by atoms with Crippen molar-refractivity contribution in [3.05, 3.63) is 88.4 Å². The largest absolute Gasteiger partial charge is 0.490 e. The summed E-state index contributed by atoms with van der Waals surface area (Å²) in [5, 5.41) is 19.9. The van der Waals surface area contributed by atoms with Crippen LogP contribution in [0.3, 0.4) is 0 Å². The summed E-state index contributed by atoms with van der Waals surface area (Å²) in [5.74, 6) is -1.22. The van der Waals surface area contributed by atoms with Gasteiger partial charge in [0.25, 0.3) is 15.9 Å². The van der Waals surface area contributed by atoms with Crippen LogP contribution in [0.2, 0.25) is 5.02 Å². The van der Waals surface area contributed by atoms with E-state index in [9.17, 15) is 28.2 Å². The maximum atomic E-state index is 14.4. The lowest BCUT2D eigenvalue weighted by molar-refractivity contribution is -0.0177. The highest BCUT2D eigenvalue weighted by molar-refractivity contribution is 7.92. The van der Waals surface area contributed by atoms with Crippen LogP contribution in [0, 0.1) is 5.92 Å². The predicted octanol–water partition coefficient (Wildman–Crippen LogP) is 5.77. The lowest BCUT2D eigenvalue weighted by Crippen LogP contribution is -2.47. The zero-order valence-corrected chi connectivity index (χ0v) is 29.9. The van der Waals surface area contributed by atoms with Gasteiger partial charge in [-0.2, -0.15) is 0 Å². The first-order valence-electron chi connectivity index (χ1n) is 16.4. The molecule has 3 N–H and O–H groups in total. The van der Waals surface area contributed by atoms with Gasteiger partial charge in [-0.3, -0.25) is 14.4 Å². The molecule has 11 nitrogen and oxygen atoms in total. The Morgan fingerprint density at radius 3 is 2.43 bits per heavy atom. The Morgan fingerprint density at radius 1 is 1.08 bits per heavy atom. The summed E-state index contributed by atoms with van der Waals surface area (Å²) in [6.07, 6.45) is 1.86. The van der Waals surface area contributed by atoms with Crippen LogP contribution in [0.1, 0.15) is 66.3 Å². The number of anilines is 1. The number of benzene rings is 3. The molecule has 0 bridgehead atoms. The number of halogens is 1. The molecule has 4 atom stereocenters. The third-order valence-corrected chi connectivity index (χ3v) is 10.2. The number of likely N-dealkylation sites (N-methyl/N-ethyl adjacent to an activating group) is 1. The molecule has 1 heterocycles. The second-order valence-corrected chi connectivity index (χ2v) is 14.9. The first-order valence-corrected chi connectivity index (χ1v) is 18.3. The first-order chi connectivity index (χ1) is 23.3. The number of hydrogen-bond acceptors (Lipinski definition) is 8. The van der Waals surface area contributed by atoms with Crippen molar-refractivity contribution in [2.24, 2.45) is 5.92 Å². The van der Waals surface area contributed by atoms with E-state index in [0.717, 1.165) is 18.4 Å². The van der Waals surface area contributed by atoms with Gasteiger partial charge >= 0.3 is 5.97 Å². The second kappa shape index (κ2) is 17.3. The monoisotopic (exact) mass is 715 g/mol. The SMILES string of the molecule is C[C@@H]1CCCCO[C@H](CN(C)Cc2ccc(C(=O)O)cc2)[C@H](C)CN([C@@H](C)CO)C(=O)c2cc(NS(=O)(=O)c3ccc(Cl)cc3)ccc2O1. The van der Waals surface area contributed by atoms with Gasteiger partial charge in [-0.05, 0) is 100 Å². The van der Waals surface area contributed by atoms with E-state index < -0.39 is 27.9 Å². The smallest absolute Gasteiger partial charge is 0.335 e. The van der Waals surface area contributed by atoms with E-state index in [1.807, 2.05) is 20.9 Å². The number of carbonyl (C=O) groups excluding carboxylic acids is 1. The number of nitrogens with one attached hydrogen (secondary N) is 1. The molecule has 0 radical (unpaired) electrons. The fourth-order valence-electron chi connectivity index (χ4n) is 5.71. The highest BCUT2D eigenvalue weighted by Crippen LogP contribution is 2.30. The highest BCUT2D eigenvalue weighted by Gasteiger charge is 2.31. The molecule has 0 spiro atoms. The summed E-state index contributed by atoms with van der Waals surface area (Å²) in [5.41, 5.74) is 1.54. The predicted molar refractivity (Wildman–Crippen MR) is 189 cm³/mol. The summed E-state index contributed by atoms with van der Waals surface area (Å²) in [4.78, 5) is 29.4. The van der Waals surface area contributed by atoms with Crippen LogP contribution in [0.5, 0.6) is 5.75 Å². The molecular weight excluding hydrogens is 670 g/mol. The molecular formula is C36H46ClN3O8S. The Bertz CT molecular complexity index is 1670. The van der Waals surface area contributed by atoms with Crippen molar-refractivity contribution in [1.82, 2.24) is 9.80 Å². The number of fused-ring (bicyclic) bond motifs is 1. The van der Waals surface area contributed by atoms with Crippen molar-refractivity contribution in [3.8, 4) is 5.75 Å². The number of aliphatic hydroxyl groups excluding tert-OH is 1. The number of aliphatic hydroxyl groups is 1. The van der Waals surface area contributed by atoms with E-state index in [1.165, 1.54) is 30.3 Å². The molecule has 13 heteroatoms. The number of carbonyl (C=O) groups is 2. The fraction of sp³-hybridized carbons (Fsp3) is 0.444. The molecule has 0 aliphatic carbocycles. The zero-order valence-electron chi connectivity index (χ0n) is 28.3. The summed E-state index contributed by atoms with van der Waals surface area (Å²) >= 11 is 5.95. The van der Waals surface area contributed by atoms with E-state index in [-0.39, 0.29) is 53.0 Å². The average Bonchev–Trinajstić information content (AvgIpc) is 3.06. The third-order valence-electron chi connectivity index (χ3n) is 8.57. The molecule has 266 valence electrons. The van der Waals surface area contributed by atoms with Gasteiger partial charge in [-0.1, -0.05) is 30.7 Å². The van der Waals surface area contributed by atoms with Gasteiger partial charge in [-0.25, -0.2) is 13.2 Å². The molecule has 1 aliphatic heterocycles. The summed E-state index contributed by atoms with van der Waals surface area (Å²) in [7, 11) is -2.02. The van der Waals surface area contributed by atoms with Crippen LogP contribution in [0.25, 0.3) is 0 Å². The molecule has 3 aromatic rings. The molecule has 0 unspecified atom stereocenters. The van der Waals surface area contributed by atoms with Gasteiger partial charge < -0.3 is 24.6 Å². The Hall–Kier alpha value is -3.68. The van der Waals surface area contributed by atoms with Gasteiger partial charge in [0.05, 0.1) is 40.9 Å². The van der Waals surface area contributed by atoms with Crippen LogP contribution in [0.15, 0.2) is 71.6 Å². The minimum absolute atomic E-state index is 0.0193. The molecule has 0 saturated heterocycles. The van der Waals surface area contributed by atoms with Gasteiger partial charge in [0.15, 0.2) is 0 Å². The lowest BCUT2D eigenvalue weighted by atomic mass is 10.0. The van der Waals surface area contributed by atoms with E-state index in [4.69, 9.17) is 21.1 Å². The molecule has 49 heavy (non-hydrogen) atoms. The fourth-order valence-corrected chi connectivity index (χ4v) is 6.89. The van der Waals surface area contributed by atoms with Crippen LogP contribution in [-0.4, -0.2) is 91.9 Å². The molecule has 0 fully saturated rings. The zero-order chi connectivity index (χ0) is 35.7. The average molecular weight is 716 g/mol. The van der Waals surface area contributed by atoms with Crippen molar-refractivity contribution in [2.45, 2.75) is 69.7 Å². The molecule has 1 aliphatic rings. The molecule has 0 aromatic heterocycles. The quantitative estimate of drug-likeness (QED) is 0.238. The minimum atomic E-state index is -3.99. The Balaban J connectivity index is 1.62. The number of amides is 1. The number of aromatic carboxylic acids is 1. The lowest BCUT2D eigenvalue weighted by Gasteiger charge is -2.36. The number of ether oxygens (including phenoxy) is 2. The number of nitrogens with zero attached hydrogens (tertiary/aromatic N) is 2. The topological polar surface area (TPSA) is 146 Å². The summed E-state index contributed by atoms with van der Waals surface area (Å²) in [6.45, 7) is 7.30. The third kappa shape index (κ3) is 10.7. The van der Waals surface area contributed by atoms with Gasteiger partial charge in [0.2, 0.25) is 0 Å². The van der Waals surface area contributed by atoms with Crippen LogP contribution in [0.4, 0.5) is 5.69 Å². The number of rotatable bonds is 10. The number of carboxylic acids is 1. The first kappa shape index (κ1) is 38.1. The maximum absolute atomic E-state index is 14.4. The van der Waals surface area contributed by atoms with Gasteiger partial charge in [0.1, 0.15) is 5.75 Å². The van der Waals surface area contributed by atoms with Gasteiger partial charge in [-0.15, -0.1) is 0 Å². The van der Waals surface area contributed by atoms with E-state index >= 15 is 0 Å². The number of hydrogen-bond donors (Lipinski definition) is 3. The van der Waals surface area contributed by atoms with Crippen molar-refractivity contribution in [2.75, 3.05) is 38.1 Å². The summed E-state index contributed by atoms with van der Waals surface area (Å²) in [6, 6.07) is 16.6. The Labute approximate surface area is 293 Å². The number of sulfonamides is 1. The second-order valence-electron chi connectivity index (χ2n) is 12.8.